The summed E-state index contributed by atoms with van der Waals surface area (Å²) in [5.41, 5.74) is -0.0103. The highest BCUT2D eigenvalue weighted by Crippen LogP contribution is 2.27. The Kier molecular flexibility index (Phi) is 3.97. The normalized spacial score (nSPS) is 21.5. The fraction of sp³-hybridized carbons (Fsp3) is 0.538. The molecule has 0 aromatic carbocycles. The van der Waals surface area contributed by atoms with Crippen LogP contribution < -0.4 is 0 Å². The predicted octanol–water partition coefficient (Wildman–Crippen LogP) is 1.35. The summed E-state index contributed by atoms with van der Waals surface area (Å²) in [6.45, 7) is 4.30. The van der Waals surface area contributed by atoms with Gasteiger partial charge < -0.3 is 14.6 Å². The van der Waals surface area contributed by atoms with E-state index in [9.17, 15) is 24.8 Å². The van der Waals surface area contributed by atoms with Crippen molar-refractivity contribution < 1.29 is 19.6 Å². The minimum atomic E-state index is -1.04. The molecular weight excluding hydrogens is 278 g/mol. The lowest BCUT2D eigenvalue weighted by atomic mass is 10.0. The molecule has 0 saturated carbocycles. The quantitative estimate of drug-likeness (QED) is 0.666. The Morgan fingerprint density at radius 3 is 2.71 bits per heavy atom. The molecule has 8 nitrogen and oxygen atoms in total. The largest absolute Gasteiger partial charge is 0.480 e. The van der Waals surface area contributed by atoms with Gasteiger partial charge in [-0.25, -0.2) is 4.79 Å². The molecule has 1 aliphatic heterocycles. The van der Waals surface area contributed by atoms with Crippen molar-refractivity contribution in [2.45, 2.75) is 32.9 Å². The first-order valence-electron chi connectivity index (χ1n) is 6.75. The second-order valence-corrected chi connectivity index (χ2v) is 5.17. The maximum atomic E-state index is 12.5. The van der Waals surface area contributed by atoms with Gasteiger partial charge >= 0.3 is 5.97 Å². The number of likely N-dealkylation sites (tertiary alicyclic amines) is 1. The first-order chi connectivity index (χ1) is 9.86. The first-order valence-corrected chi connectivity index (χ1v) is 6.75. The lowest BCUT2D eigenvalue weighted by Gasteiger charge is -2.23. The van der Waals surface area contributed by atoms with Crippen molar-refractivity contribution in [1.82, 2.24) is 9.47 Å². The molecule has 1 fully saturated rings. The fourth-order valence-electron chi connectivity index (χ4n) is 2.73. The molecule has 2 unspecified atom stereocenters. The van der Waals surface area contributed by atoms with Crippen LogP contribution in [-0.4, -0.2) is 44.0 Å². The van der Waals surface area contributed by atoms with Crippen molar-refractivity contribution in [3.63, 3.8) is 0 Å². The Hall–Kier alpha value is -2.38. The third-order valence-corrected chi connectivity index (χ3v) is 3.87. The van der Waals surface area contributed by atoms with E-state index in [1.165, 1.54) is 21.7 Å². The van der Waals surface area contributed by atoms with Crippen LogP contribution in [0.3, 0.4) is 0 Å². The van der Waals surface area contributed by atoms with Crippen LogP contribution in [-0.2, 0) is 11.3 Å². The van der Waals surface area contributed by atoms with Crippen LogP contribution in [0.1, 0.15) is 30.8 Å². The molecule has 2 rings (SSSR count). The number of carboxylic acids is 1. The third kappa shape index (κ3) is 2.61. The Balaban J connectivity index is 2.35. The van der Waals surface area contributed by atoms with Gasteiger partial charge in [0.05, 0.1) is 11.1 Å². The topological polar surface area (TPSA) is 106 Å². The van der Waals surface area contributed by atoms with Crippen LogP contribution in [0.5, 0.6) is 0 Å². The summed E-state index contributed by atoms with van der Waals surface area (Å²) in [5, 5.41) is 20.1. The fourth-order valence-corrected chi connectivity index (χ4v) is 2.73. The number of aliphatic carboxylic acids is 1. The molecule has 0 bridgehead atoms. The van der Waals surface area contributed by atoms with Crippen LogP contribution in [0.25, 0.3) is 0 Å². The molecule has 0 radical (unpaired) electrons. The van der Waals surface area contributed by atoms with Crippen molar-refractivity contribution in [2.24, 2.45) is 5.92 Å². The summed E-state index contributed by atoms with van der Waals surface area (Å²) in [6.07, 6.45) is 1.90. The van der Waals surface area contributed by atoms with E-state index in [1.54, 1.807) is 13.8 Å². The summed E-state index contributed by atoms with van der Waals surface area (Å²) in [6, 6.07) is 0.324. The number of rotatable bonds is 4. The van der Waals surface area contributed by atoms with Gasteiger partial charge in [0.25, 0.3) is 11.6 Å². The van der Waals surface area contributed by atoms with Gasteiger partial charge in [-0.2, -0.15) is 0 Å². The van der Waals surface area contributed by atoms with Crippen molar-refractivity contribution in [2.75, 3.05) is 6.54 Å². The average molecular weight is 295 g/mol. The number of nitro groups is 1. The molecule has 1 aromatic heterocycles. The molecule has 1 saturated heterocycles. The second-order valence-electron chi connectivity index (χ2n) is 5.17. The predicted molar refractivity (Wildman–Crippen MR) is 73.0 cm³/mol. The lowest BCUT2D eigenvalue weighted by molar-refractivity contribution is -0.384. The van der Waals surface area contributed by atoms with Gasteiger partial charge in [-0.15, -0.1) is 0 Å². The number of hydrogen-bond donors (Lipinski definition) is 1. The van der Waals surface area contributed by atoms with Gasteiger partial charge in [0.1, 0.15) is 11.7 Å². The monoisotopic (exact) mass is 295 g/mol. The number of carbonyl (C=O) groups is 2. The van der Waals surface area contributed by atoms with Crippen LogP contribution in [0.4, 0.5) is 5.69 Å². The van der Waals surface area contributed by atoms with E-state index in [1.807, 2.05) is 0 Å². The van der Waals surface area contributed by atoms with E-state index in [2.05, 4.69) is 0 Å². The van der Waals surface area contributed by atoms with E-state index in [0.29, 0.717) is 19.5 Å². The minimum absolute atomic E-state index is 0.133. The van der Waals surface area contributed by atoms with E-state index >= 15 is 0 Å². The van der Waals surface area contributed by atoms with Crippen molar-refractivity contribution in [3.8, 4) is 0 Å². The zero-order valence-electron chi connectivity index (χ0n) is 11.9. The van der Waals surface area contributed by atoms with Gasteiger partial charge in [-0.1, -0.05) is 6.92 Å². The highest BCUT2D eigenvalue weighted by molar-refractivity contribution is 5.96. The smallest absolute Gasteiger partial charge is 0.326 e. The van der Waals surface area contributed by atoms with Gasteiger partial charge in [-0.05, 0) is 19.3 Å². The van der Waals surface area contributed by atoms with Crippen LogP contribution in [0, 0.1) is 16.0 Å². The molecule has 8 heteroatoms. The number of hydrogen-bond acceptors (Lipinski definition) is 4. The van der Waals surface area contributed by atoms with Crippen molar-refractivity contribution in [1.29, 1.82) is 0 Å². The van der Waals surface area contributed by atoms with Gasteiger partial charge in [0.15, 0.2) is 0 Å². The molecule has 114 valence electrons. The van der Waals surface area contributed by atoms with E-state index in [0.717, 1.165) is 0 Å². The highest BCUT2D eigenvalue weighted by Gasteiger charge is 2.40. The van der Waals surface area contributed by atoms with E-state index in [4.69, 9.17) is 0 Å². The molecule has 1 amide bonds. The van der Waals surface area contributed by atoms with Gasteiger partial charge in [-0.3, -0.25) is 14.9 Å². The zero-order valence-corrected chi connectivity index (χ0v) is 11.9. The number of aromatic nitrogens is 1. The van der Waals surface area contributed by atoms with Gasteiger partial charge in [0, 0.05) is 19.2 Å². The van der Waals surface area contributed by atoms with Crippen LogP contribution >= 0.6 is 0 Å². The molecule has 2 atom stereocenters. The van der Waals surface area contributed by atoms with Crippen LogP contribution in [0.2, 0.25) is 0 Å². The summed E-state index contributed by atoms with van der Waals surface area (Å²) < 4.78 is 1.47. The average Bonchev–Trinajstić information content (AvgIpc) is 3.01. The summed E-state index contributed by atoms with van der Waals surface area (Å²) in [7, 11) is 0. The maximum absolute atomic E-state index is 12.5. The zero-order chi connectivity index (χ0) is 15.7. The SMILES string of the molecule is CCn1cc([N+](=O)[O-])cc1C(=O)N1CCC(C)C1C(=O)O. The maximum Gasteiger partial charge on any atom is 0.326 e. The second kappa shape index (κ2) is 5.55. The number of amides is 1. The molecular formula is C13H17N3O5. The summed E-state index contributed by atoms with van der Waals surface area (Å²) >= 11 is 0. The summed E-state index contributed by atoms with van der Waals surface area (Å²) in [4.78, 5) is 35.4. The number of nitrogens with zero attached hydrogens (tertiary/aromatic N) is 3. The van der Waals surface area contributed by atoms with E-state index in [-0.39, 0.29) is 17.3 Å². The third-order valence-electron chi connectivity index (χ3n) is 3.87. The molecule has 1 aromatic rings. The number of carboxylic acid groups (broad SMARTS) is 1. The van der Waals surface area contributed by atoms with Crippen LogP contribution in [0.15, 0.2) is 12.3 Å². The minimum Gasteiger partial charge on any atom is -0.480 e. The highest BCUT2D eigenvalue weighted by atomic mass is 16.6. The first kappa shape index (κ1) is 15.0. The Morgan fingerprint density at radius 2 is 2.19 bits per heavy atom. The Labute approximate surface area is 121 Å². The Bertz CT molecular complexity index is 595. The molecule has 2 heterocycles. The standard InChI is InChI=1S/C13H17N3O5/c1-3-14-7-9(16(20)21)6-10(14)12(17)15-5-4-8(2)11(15)13(18)19/h6-8,11H,3-5H2,1-2H3,(H,18,19). The molecule has 1 N–H and O–H groups in total. The molecule has 21 heavy (non-hydrogen) atoms. The van der Waals surface area contributed by atoms with Crippen molar-refractivity contribution >= 4 is 17.6 Å². The molecule has 0 spiro atoms. The number of carbonyl (C=O) groups excluding carboxylic acids is 1. The number of aryl methyl sites for hydroxylation is 1. The van der Waals surface area contributed by atoms with Crippen molar-refractivity contribution in [3.05, 3.63) is 28.1 Å². The lowest BCUT2D eigenvalue weighted by Crippen LogP contribution is -2.43. The molecule has 1 aliphatic rings. The summed E-state index contributed by atoms with van der Waals surface area (Å²) in [5.74, 6) is -1.65. The molecule has 0 aliphatic carbocycles. The Morgan fingerprint density at radius 1 is 1.52 bits per heavy atom. The van der Waals surface area contributed by atoms with E-state index < -0.39 is 22.8 Å². The van der Waals surface area contributed by atoms with Gasteiger partial charge in [0.2, 0.25) is 0 Å².